The molecular formula is C14H18N6OS. The number of amides is 2. The van der Waals surface area contributed by atoms with Crippen molar-refractivity contribution < 1.29 is 4.79 Å². The number of nitrogens with one attached hydrogen (secondary N) is 2. The summed E-state index contributed by atoms with van der Waals surface area (Å²) in [7, 11) is 0. The Morgan fingerprint density at radius 1 is 1.27 bits per heavy atom. The summed E-state index contributed by atoms with van der Waals surface area (Å²) in [6, 6.07) is 3.73. The van der Waals surface area contributed by atoms with E-state index in [1.807, 2.05) is 18.3 Å². The third kappa shape index (κ3) is 3.91. The molecule has 0 radical (unpaired) electrons. The first-order valence-corrected chi connectivity index (χ1v) is 8.20. The van der Waals surface area contributed by atoms with Crippen molar-refractivity contribution in [3.05, 3.63) is 29.4 Å². The largest absolute Gasteiger partial charge is 0.357 e. The number of rotatable bonds is 4. The van der Waals surface area contributed by atoms with Gasteiger partial charge in [-0.2, -0.15) is 0 Å². The van der Waals surface area contributed by atoms with Gasteiger partial charge in [-0.1, -0.05) is 17.4 Å². The van der Waals surface area contributed by atoms with Crippen LogP contribution in [-0.2, 0) is 6.54 Å². The average Bonchev–Trinajstić information content (AvgIpc) is 3.07. The normalized spacial score (nSPS) is 14.6. The molecule has 0 unspecified atom stereocenters. The lowest BCUT2D eigenvalue weighted by Crippen LogP contribution is -2.30. The molecule has 1 aliphatic heterocycles. The van der Waals surface area contributed by atoms with Gasteiger partial charge in [0.25, 0.3) is 0 Å². The van der Waals surface area contributed by atoms with Crippen LogP contribution in [0.5, 0.6) is 0 Å². The number of nitrogens with zero attached hydrogens (tertiary/aromatic N) is 4. The Balaban J connectivity index is 1.49. The molecule has 8 heteroatoms. The molecule has 7 nitrogen and oxygen atoms in total. The highest BCUT2D eigenvalue weighted by Crippen LogP contribution is 2.17. The first-order valence-electron chi connectivity index (χ1n) is 7.32. The Bertz CT molecular complexity index is 594. The molecule has 2 aromatic heterocycles. The van der Waals surface area contributed by atoms with Gasteiger partial charge in [-0.15, -0.1) is 10.2 Å². The standard InChI is InChI=1S/C14H18N6OS/c21-13(18-14-19-17-10-22-14)16-9-11-4-5-12(15-8-11)20-6-2-1-3-7-20/h4-5,8,10H,1-3,6-7,9H2,(H2,16,18,19,21). The van der Waals surface area contributed by atoms with Crippen molar-refractivity contribution in [3.63, 3.8) is 0 Å². The van der Waals surface area contributed by atoms with Crippen LogP contribution in [0.1, 0.15) is 24.8 Å². The first-order chi connectivity index (χ1) is 10.8. The first kappa shape index (κ1) is 14.7. The van der Waals surface area contributed by atoms with Crippen LogP contribution in [0.2, 0.25) is 0 Å². The van der Waals surface area contributed by atoms with E-state index in [1.54, 1.807) is 5.51 Å². The van der Waals surface area contributed by atoms with E-state index < -0.39 is 0 Å². The number of aromatic nitrogens is 3. The highest BCUT2D eigenvalue weighted by molar-refractivity contribution is 7.13. The number of carbonyl (C=O) groups excluding carboxylic acids is 1. The molecular weight excluding hydrogens is 300 g/mol. The molecule has 0 atom stereocenters. The van der Waals surface area contributed by atoms with Crippen molar-refractivity contribution in [2.24, 2.45) is 0 Å². The highest BCUT2D eigenvalue weighted by atomic mass is 32.1. The van der Waals surface area contributed by atoms with Crippen molar-refractivity contribution in [3.8, 4) is 0 Å². The maximum absolute atomic E-state index is 11.7. The van der Waals surface area contributed by atoms with E-state index >= 15 is 0 Å². The summed E-state index contributed by atoms with van der Waals surface area (Å²) >= 11 is 1.28. The van der Waals surface area contributed by atoms with Crippen LogP contribution in [-0.4, -0.2) is 34.3 Å². The molecule has 0 saturated carbocycles. The number of piperidine rings is 1. The number of hydrogen-bond donors (Lipinski definition) is 2. The second kappa shape index (κ2) is 7.17. The molecule has 3 heterocycles. The van der Waals surface area contributed by atoms with E-state index in [1.165, 1.54) is 30.6 Å². The predicted molar refractivity (Wildman–Crippen MR) is 86.1 cm³/mol. The lowest BCUT2D eigenvalue weighted by atomic mass is 10.1. The Kier molecular flexibility index (Phi) is 4.79. The maximum Gasteiger partial charge on any atom is 0.321 e. The molecule has 2 aromatic rings. The number of carbonyl (C=O) groups is 1. The summed E-state index contributed by atoms with van der Waals surface area (Å²) in [4.78, 5) is 18.5. The quantitative estimate of drug-likeness (QED) is 0.903. The molecule has 3 rings (SSSR count). The topological polar surface area (TPSA) is 83.0 Å². The van der Waals surface area contributed by atoms with Crippen molar-refractivity contribution in [2.75, 3.05) is 23.3 Å². The van der Waals surface area contributed by atoms with Crippen LogP contribution in [0.3, 0.4) is 0 Å². The third-order valence-corrected chi connectivity index (χ3v) is 4.13. The fourth-order valence-electron chi connectivity index (χ4n) is 2.38. The minimum atomic E-state index is -0.295. The van der Waals surface area contributed by atoms with Crippen molar-refractivity contribution in [2.45, 2.75) is 25.8 Å². The predicted octanol–water partition coefficient (Wildman–Crippen LogP) is 2.25. The zero-order chi connectivity index (χ0) is 15.2. The minimum Gasteiger partial charge on any atom is -0.357 e. The second-order valence-corrected chi connectivity index (χ2v) is 5.96. The smallest absolute Gasteiger partial charge is 0.321 e. The lowest BCUT2D eigenvalue weighted by Gasteiger charge is -2.27. The second-order valence-electron chi connectivity index (χ2n) is 5.12. The minimum absolute atomic E-state index is 0.295. The van der Waals surface area contributed by atoms with Crippen molar-refractivity contribution in [1.29, 1.82) is 0 Å². The molecule has 0 aliphatic carbocycles. The summed E-state index contributed by atoms with van der Waals surface area (Å²) in [6.07, 6.45) is 5.59. The van der Waals surface area contributed by atoms with Gasteiger partial charge in [0.05, 0.1) is 0 Å². The molecule has 2 N–H and O–H groups in total. The zero-order valence-corrected chi connectivity index (χ0v) is 13.0. The van der Waals surface area contributed by atoms with Crippen molar-refractivity contribution >= 4 is 28.3 Å². The van der Waals surface area contributed by atoms with E-state index in [2.05, 4.69) is 30.7 Å². The number of hydrogen-bond acceptors (Lipinski definition) is 6. The molecule has 0 spiro atoms. The number of urea groups is 1. The summed E-state index contributed by atoms with van der Waals surface area (Å²) in [5.74, 6) is 1.02. The fraction of sp³-hybridized carbons (Fsp3) is 0.429. The third-order valence-electron chi connectivity index (χ3n) is 3.52. The Labute approximate surface area is 132 Å². The van der Waals surface area contributed by atoms with E-state index in [-0.39, 0.29) is 6.03 Å². The average molecular weight is 318 g/mol. The summed E-state index contributed by atoms with van der Waals surface area (Å²) in [5, 5.41) is 13.3. The van der Waals surface area contributed by atoms with Crippen LogP contribution in [0.25, 0.3) is 0 Å². The number of pyridine rings is 1. The molecule has 0 aromatic carbocycles. The van der Waals surface area contributed by atoms with Gasteiger partial charge in [0.1, 0.15) is 11.3 Å². The molecule has 22 heavy (non-hydrogen) atoms. The molecule has 1 aliphatic rings. The summed E-state index contributed by atoms with van der Waals surface area (Å²) in [5.41, 5.74) is 2.53. The van der Waals surface area contributed by atoms with E-state index in [4.69, 9.17) is 0 Å². The Hall–Kier alpha value is -2.22. The molecule has 0 bridgehead atoms. The van der Waals surface area contributed by atoms with E-state index in [9.17, 15) is 4.79 Å². The van der Waals surface area contributed by atoms with Gasteiger partial charge in [0.15, 0.2) is 0 Å². The number of anilines is 2. The van der Waals surface area contributed by atoms with E-state index in [0.29, 0.717) is 11.7 Å². The van der Waals surface area contributed by atoms with Crippen LogP contribution in [0.4, 0.5) is 15.7 Å². The lowest BCUT2D eigenvalue weighted by molar-refractivity contribution is 0.251. The molecule has 1 saturated heterocycles. The van der Waals surface area contributed by atoms with Gasteiger partial charge in [0.2, 0.25) is 5.13 Å². The Morgan fingerprint density at radius 3 is 2.82 bits per heavy atom. The Morgan fingerprint density at radius 2 is 2.14 bits per heavy atom. The monoisotopic (exact) mass is 318 g/mol. The molecule has 1 fully saturated rings. The molecule has 116 valence electrons. The van der Waals surface area contributed by atoms with Gasteiger partial charge >= 0.3 is 6.03 Å². The van der Waals surface area contributed by atoms with E-state index in [0.717, 1.165) is 24.5 Å². The van der Waals surface area contributed by atoms with Gasteiger partial charge in [-0.3, -0.25) is 5.32 Å². The van der Waals surface area contributed by atoms with Crippen LogP contribution in [0, 0.1) is 0 Å². The summed E-state index contributed by atoms with van der Waals surface area (Å²) in [6.45, 7) is 2.58. The van der Waals surface area contributed by atoms with Gasteiger partial charge < -0.3 is 10.2 Å². The summed E-state index contributed by atoms with van der Waals surface area (Å²) < 4.78 is 0. The zero-order valence-electron chi connectivity index (χ0n) is 12.2. The van der Waals surface area contributed by atoms with Crippen LogP contribution < -0.4 is 15.5 Å². The van der Waals surface area contributed by atoms with Gasteiger partial charge in [-0.25, -0.2) is 9.78 Å². The van der Waals surface area contributed by atoms with Gasteiger partial charge in [0, 0.05) is 25.8 Å². The van der Waals surface area contributed by atoms with Gasteiger partial charge in [-0.05, 0) is 30.9 Å². The van der Waals surface area contributed by atoms with Crippen LogP contribution in [0.15, 0.2) is 23.8 Å². The SMILES string of the molecule is O=C(NCc1ccc(N2CCCCC2)nc1)Nc1nncs1. The molecule has 2 amide bonds. The van der Waals surface area contributed by atoms with Crippen molar-refractivity contribution in [1.82, 2.24) is 20.5 Å². The van der Waals surface area contributed by atoms with Crippen LogP contribution >= 0.6 is 11.3 Å². The highest BCUT2D eigenvalue weighted by Gasteiger charge is 2.11. The fourth-order valence-corrected chi connectivity index (χ4v) is 2.82. The maximum atomic E-state index is 11.7.